The average Bonchev–Trinajstić information content (AvgIpc) is 1.60. The lowest BCUT2D eigenvalue weighted by atomic mass is 10.3. The van der Waals surface area contributed by atoms with Crippen molar-refractivity contribution in [2.75, 3.05) is 13.8 Å². The van der Waals surface area contributed by atoms with Crippen molar-refractivity contribution in [2.45, 2.75) is 25.5 Å². The maximum atomic E-state index is 5.24. The Morgan fingerprint density at radius 2 is 1.80 bits per heavy atom. The first-order valence-electron chi connectivity index (χ1n) is 3.11. The summed E-state index contributed by atoms with van der Waals surface area (Å²) in [6.45, 7) is 8.47. The molecule has 0 aliphatic rings. The lowest BCUT2D eigenvalue weighted by Gasteiger charge is -2.24. The molecule has 1 atom stereocenters. The standard InChI is InChI=1S/C6H15OPS2/c1-6(2,3)10-8(5,9)7-4/h1-5H3. The monoisotopic (exact) mass is 198 g/mol. The van der Waals surface area contributed by atoms with E-state index in [9.17, 15) is 0 Å². The number of hydrogen-bond donors (Lipinski definition) is 0. The molecular formula is C6H15OPS2. The first-order valence-corrected chi connectivity index (χ1v) is 7.70. The molecule has 0 aliphatic heterocycles. The van der Waals surface area contributed by atoms with Crippen molar-refractivity contribution in [3.63, 3.8) is 0 Å². The minimum absolute atomic E-state index is 0.223. The molecule has 1 unspecified atom stereocenters. The third kappa shape index (κ3) is 5.72. The molecule has 4 heteroatoms. The van der Waals surface area contributed by atoms with Crippen molar-refractivity contribution in [1.82, 2.24) is 0 Å². The van der Waals surface area contributed by atoms with Gasteiger partial charge >= 0.3 is 0 Å². The summed E-state index contributed by atoms with van der Waals surface area (Å²) < 4.78 is 5.43. The molecule has 0 radical (unpaired) electrons. The molecule has 0 rings (SSSR count). The molecule has 0 saturated carbocycles. The second-order valence-electron chi connectivity index (χ2n) is 3.16. The highest BCUT2D eigenvalue weighted by Crippen LogP contribution is 2.60. The van der Waals surface area contributed by atoms with Gasteiger partial charge in [0.05, 0.1) is 0 Å². The molecule has 0 spiro atoms. The average molecular weight is 198 g/mol. The second kappa shape index (κ2) is 3.57. The molecule has 0 aromatic heterocycles. The zero-order valence-corrected chi connectivity index (χ0v) is 9.70. The van der Waals surface area contributed by atoms with Gasteiger partial charge in [-0.25, -0.2) is 0 Å². The van der Waals surface area contributed by atoms with E-state index >= 15 is 0 Å². The fraction of sp³-hybridized carbons (Fsp3) is 1.00. The molecule has 1 nitrogen and oxygen atoms in total. The van der Waals surface area contributed by atoms with E-state index in [-0.39, 0.29) is 4.75 Å². The van der Waals surface area contributed by atoms with Crippen molar-refractivity contribution in [1.29, 1.82) is 0 Å². The van der Waals surface area contributed by atoms with Gasteiger partial charge in [0.25, 0.3) is 0 Å². The summed E-state index contributed by atoms with van der Waals surface area (Å²) in [6.07, 6.45) is 0. The molecule has 0 saturated heterocycles. The lowest BCUT2D eigenvalue weighted by molar-refractivity contribution is 0.473. The Kier molecular flexibility index (Phi) is 3.92. The molecule has 0 aliphatic carbocycles. The molecule has 0 bridgehead atoms. The summed E-state index contributed by atoms with van der Waals surface area (Å²) in [6, 6.07) is 0. The van der Waals surface area contributed by atoms with Crippen LogP contribution in [0.25, 0.3) is 0 Å². The molecule has 0 amide bonds. The van der Waals surface area contributed by atoms with Gasteiger partial charge in [0, 0.05) is 11.9 Å². The Morgan fingerprint density at radius 1 is 1.40 bits per heavy atom. The highest BCUT2D eigenvalue weighted by molar-refractivity contribution is 8.69. The van der Waals surface area contributed by atoms with Gasteiger partial charge in [-0.1, -0.05) is 44.0 Å². The van der Waals surface area contributed by atoms with Gasteiger partial charge < -0.3 is 4.52 Å². The number of rotatable bonds is 2. The zero-order valence-electron chi connectivity index (χ0n) is 7.17. The van der Waals surface area contributed by atoms with Gasteiger partial charge in [0.15, 0.2) is 0 Å². The third-order valence-corrected chi connectivity index (χ3v) is 6.52. The van der Waals surface area contributed by atoms with E-state index in [0.717, 1.165) is 0 Å². The highest BCUT2D eigenvalue weighted by Gasteiger charge is 2.20. The molecule has 0 aromatic rings. The first-order chi connectivity index (χ1) is 4.27. The molecule has 0 heterocycles. The maximum absolute atomic E-state index is 5.24. The van der Waals surface area contributed by atoms with Crippen LogP contribution in [0.4, 0.5) is 0 Å². The van der Waals surface area contributed by atoms with Crippen molar-refractivity contribution >= 4 is 28.7 Å². The van der Waals surface area contributed by atoms with Crippen molar-refractivity contribution in [3.05, 3.63) is 0 Å². The van der Waals surface area contributed by atoms with Crippen molar-refractivity contribution in [2.24, 2.45) is 0 Å². The van der Waals surface area contributed by atoms with Crippen LogP contribution in [-0.2, 0) is 16.3 Å². The van der Waals surface area contributed by atoms with Gasteiger partial charge in [-0.2, -0.15) is 0 Å². The van der Waals surface area contributed by atoms with Crippen LogP contribution in [0.5, 0.6) is 0 Å². The minimum atomic E-state index is -1.54. The smallest absolute Gasteiger partial charge is 0.116 e. The topological polar surface area (TPSA) is 9.23 Å². The molecule has 0 aromatic carbocycles. The summed E-state index contributed by atoms with van der Waals surface area (Å²) in [5.41, 5.74) is -1.54. The van der Waals surface area contributed by atoms with Crippen molar-refractivity contribution < 1.29 is 4.52 Å². The van der Waals surface area contributed by atoms with Crippen LogP contribution in [0.3, 0.4) is 0 Å². The van der Waals surface area contributed by atoms with Gasteiger partial charge in [-0.05, 0) is 6.66 Å². The Hall–Kier alpha value is 0.960. The fourth-order valence-electron chi connectivity index (χ4n) is 0.535. The van der Waals surface area contributed by atoms with Crippen LogP contribution in [0.1, 0.15) is 20.8 Å². The van der Waals surface area contributed by atoms with Crippen LogP contribution in [0.2, 0.25) is 0 Å². The predicted molar refractivity (Wildman–Crippen MR) is 54.6 cm³/mol. The van der Waals surface area contributed by atoms with E-state index in [4.69, 9.17) is 16.3 Å². The van der Waals surface area contributed by atoms with E-state index in [1.807, 2.05) is 6.66 Å². The Labute approximate surface area is 72.8 Å². The summed E-state index contributed by atoms with van der Waals surface area (Å²) in [5.74, 6) is 0. The molecule has 10 heavy (non-hydrogen) atoms. The van der Waals surface area contributed by atoms with E-state index < -0.39 is 5.47 Å². The quantitative estimate of drug-likeness (QED) is 0.631. The van der Waals surface area contributed by atoms with Crippen LogP contribution >= 0.6 is 16.8 Å². The summed E-state index contributed by atoms with van der Waals surface area (Å²) >= 11 is 7.01. The SMILES string of the molecule is COP(C)(=S)SC(C)(C)C. The van der Waals surface area contributed by atoms with Crippen LogP contribution in [-0.4, -0.2) is 18.5 Å². The van der Waals surface area contributed by atoms with Crippen LogP contribution in [0.15, 0.2) is 0 Å². The lowest BCUT2D eigenvalue weighted by Crippen LogP contribution is -2.06. The normalized spacial score (nSPS) is 18.5. The van der Waals surface area contributed by atoms with Gasteiger partial charge in [-0.15, -0.1) is 0 Å². The molecule has 62 valence electrons. The highest BCUT2D eigenvalue weighted by atomic mass is 32.9. The molecular weight excluding hydrogens is 183 g/mol. The van der Waals surface area contributed by atoms with Gasteiger partial charge in [0.2, 0.25) is 0 Å². The van der Waals surface area contributed by atoms with Gasteiger partial charge in [-0.3, -0.25) is 0 Å². The summed E-state index contributed by atoms with van der Waals surface area (Å²) in [5, 5.41) is 0. The molecule has 0 fully saturated rings. The summed E-state index contributed by atoms with van der Waals surface area (Å²) in [4.78, 5) is 0. The van der Waals surface area contributed by atoms with E-state index in [1.54, 1.807) is 18.5 Å². The molecule has 0 N–H and O–H groups in total. The summed E-state index contributed by atoms with van der Waals surface area (Å²) in [7, 11) is 1.69. The minimum Gasteiger partial charge on any atom is -0.345 e. The van der Waals surface area contributed by atoms with Crippen LogP contribution in [0, 0.1) is 0 Å². The first kappa shape index (κ1) is 11.0. The Morgan fingerprint density at radius 3 is 1.90 bits per heavy atom. The van der Waals surface area contributed by atoms with E-state index in [0.29, 0.717) is 0 Å². The fourth-order valence-corrected chi connectivity index (χ4v) is 6.83. The van der Waals surface area contributed by atoms with E-state index in [2.05, 4.69) is 20.8 Å². The third-order valence-electron chi connectivity index (χ3n) is 0.771. The second-order valence-corrected chi connectivity index (χ2v) is 11.9. The largest absolute Gasteiger partial charge is 0.345 e. The van der Waals surface area contributed by atoms with Crippen LogP contribution < -0.4 is 0 Å². The van der Waals surface area contributed by atoms with Gasteiger partial charge in [0.1, 0.15) is 5.47 Å². The maximum Gasteiger partial charge on any atom is 0.116 e. The Balaban J connectivity index is 4.03. The Bertz CT molecular complexity index is 150. The van der Waals surface area contributed by atoms with E-state index in [1.165, 1.54) is 0 Å². The number of hydrogen-bond acceptors (Lipinski definition) is 3. The predicted octanol–water partition coefficient (Wildman–Crippen LogP) is 3.10. The van der Waals surface area contributed by atoms with Crippen molar-refractivity contribution in [3.8, 4) is 0 Å². The zero-order chi connectivity index (χ0) is 8.41.